The van der Waals surface area contributed by atoms with E-state index in [0.717, 1.165) is 16.0 Å². The summed E-state index contributed by atoms with van der Waals surface area (Å²) in [4.78, 5) is 102. The number of hydrogen-bond acceptors (Lipinski definition) is 16. The fraction of sp³-hybridized carbons (Fsp3) is 0.418. The average Bonchev–Trinajstić information content (AvgIpc) is 3.72. The van der Waals surface area contributed by atoms with Gasteiger partial charge in [0, 0.05) is 49.0 Å². The van der Waals surface area contributed by atoms with Crippen molar-refractivity contribution in [3.05, 3.63) is 111 Å². The number of ether oxygens (including phenoxy) is 5. The molecule has 22 heteroatoms. The topological polar surface area (TPSA) is 314 Å². The first kappa shape index (κ1) is 58.2. The van der Waals surface area contributed by atoms with E-state index in [1.807, 2.05) is 19.9 Å². The van der Waals surface area contributed by atoms with E-state index in [1.165, 1.54) is 37.5 Å². The van der Waals surface area contributed by atoms with Gasteiger partial charge in [-0.2, -0.15) is 0 Å². The Morgan fingerprint density at radius 3 is 2.25 bits per heavy atom. The summed E-state index contributed by atoms with van der Waals surface area (Å²) in [6, 6.07) is 13.5. The van der Waals surface area contributed by atoms with Crippen molar-refractivity contribution in [3.63, 3.8) is 0 Å². The fourth-order valence-electron chi connectivity index (χ4n) is 8.69. The minimum atomic E-state index is -1.56. The quantitative estimate of drug-likeness (QED) is 0.0218. The van der Waals surface area contributed by atoms with E-state index in [2.05, 4.69) is 21.3 Å². The van der Waals surface area contributed by atoms with Crippen LogP contribution in [0.3, 0.4) is 0 Å². The van der Waals surface area contributed by atoms with Crippen molar-refractivity contribution in [2.24, 2.45) is 11.7 Å². The molecule has 412 valence electrons. The van der Waals surface area contributed by atoms with E-state index in [4.69, 9.17) is 33.8 Å². The van der Waals surface area contributed by atoms with Crippen molar-refractivity contribution in [2.45, 2.75) is 123 Å². The molecule has 0 radical (unpaired) electrons. The smallest absolute Gasteiger partial charge is 0.404 e. The number of primary amides is 1. The monoisotopic (exact) mass is 1070 g/mol. The molecule has 0 bridgehead atoms. The summed E-state index contributed by atoms with van der Waals surface area (Å²) in [5.41, 5.74) is 5.72. The molecule has 8 N–H and O–H groups in total. The molecule has 77 heavy (non-hydrogen) atoms. The fourth-order valence-corrected chi connectivity index (χ4v) is 8.69. The van der Waals surface area contributed by atoms with Crippen LogP contribution in [0.5, 0.6) is 17.2 Å². The summed E-state index contributed by atoms with van der Waals surface area (Å²) in [6.07, 6.45) is 0.295. The third-order valence-electron chi connectivity index (χ3n) is 12.8. The van der Waals surface area contributed by atoms with E-state index in [9.17, 15) is 48.6 Å². The van der Waals surface area contributed by atoms with Crippen LogP contribution in [0.2, 0.25) is 0 Å². The predicted octanol–water partition coefficient (Wildman–Crippen LogP) is 5.18. The van der Waals surface area contributed by atoms with Gasteiger partial charge in [-0.05, 0) is 113 Å². The van der Waals surface area contributed by atoms with Crippen LogP contribution < -0.4 is 42.1 Å². The zero-order valence-electron chi connectivity index (χ0n) is 44.2. The second kappa shape index (κ2) is 25.6. The average molecular weight is 1070 g/mol. The third-order valence-corrected chi connectivity index (χ3v) is 12.8. The number of carbonyl (C=O) groups is 7. The third kappa shape index (κ3) is 14.9. The van der Waals surface area contributed by atoms with Gasteiger partial charge in [0.1, 0.15) is 35.8 Å². The number of fused-ring (bicyclic) bond motifs is 1. The van der Waals surface area contributed by atoms with Crippen LogP contribution in [0.1, 0.15) is 94.3 Å². The van der Waals surface area contributed by atoms with Crippen LogP contribution in [0.4, 0.5) is 16.2 Å². The van der Waals surface area contributed by atoms with Crippen LogP contribution in [0.15, 0.2) is 87.6 Å². The maximum absolute atomic E-state index is 13.7. The highest BCUT2D eigenvalue weighted by atomic mass is 16.7. The molecule has 1 unspecified atom stereocenters. The Balaban J connectivity index is 1.03. The molecule has 22 nitrogen and oxygen atoms in total. The van der Waals surface area contributed by atoms with Gasteiger partial charge in [-0.25, -0.2) is 9.59 Å². The van der Waals surface area contributed by atoms with Crippen LogP contribution >= 0.6 is 0 Å². The van der Waals surface area contributed by atoms with Crippen LogP contribution in [0, 0.1) is 12.8 Å². The summed E-state index contributed by atoms with van der Waals surface area (Å²) in [5, 5.41) is 33.1. The SMILES string of the molecule is CO[C@@H]1[C@@H](OC(N)=O)[C@@H](O)[C@H](Oc2ccc3c(O)c(NC(=O)c4ccc(OCc5ccc(NC(=O)CNC(=O)C(NC(=O)CCCCCN6C(=O)C=CC6=O)C(C)C)cc5)c(CC=C(C)C)c4)c(=O)oc3c2C)OC1(C)C. The second-order valence-corrected chi connectivity index (χ2v) is 19.7. The molecule has 4 aromatic rings. The summed E-state index contributed by atoms with van der Waals surface area (Å²) >= 11 is 0. The molecule has 0 saturated carbocycles. The number of carbonyl (C=O) groups excluding carboxylic acids is 7. The van der Waals surface area contributed by atoms with Crippen molar-refractivity contribution < 1.29 is 71.9 Å². The molecule has 1 aromatic heterocycles. The highest BCUT2D eigenvalue weighted by molar-refractivity contribution is 6.13. The number of imide groups is 1. The number of aromatic hydroxyl groups is 1. The number of rotatable bonds is 23. The number of hydrogen-bond donors (Lipinski definition) is 7. The molecule has 0 aliphatic carbocycles. The summed E-state index contributed by atoms with van der Waals surface area (Å²) in [5.74, 6) is -3.04. The van der Waals surface area contributed by atoms with Gasteiger partial charge in [-0.3, -0.25) is 33.7 Å². The molecule has 7 amide bonds. The zero-order chi connectivity index (χ0) is 56.3. The van der Waals surface area contributed by atoms with Crippen LogP contribution in [0.25, 0.3) is 11.0 Å². The van der Waals surface area contributed by atoms with Gasteiger partial charge in [0.15, 0.2) is 23.6 Å². The van der Waals surface area contributed by atoms with Gasteiger partial charge in [-0.15, -0.1) is 0 Å². The molecule has 0 spiro atoms. The largest absolute Gasteiger partial charge is 0.505 e. The first-order chi connectivity index (χ1) is 36.5. The Bertz CT molecular complexity index is 2980. The van der Waals surface area contributed by atoms with Gasteiger partial charge in [0.05, 0.1) is 17.5 Å². The Morgan fingerprint density at radius 2 is 1.60 bits per heavy atom. The van der Waals surface area contributed by atoms with Crippen LogP contribution in [-0.4, -0.2) is 113 Å². The molecule has 2 aliphatic heterocycles. The molecule has 2 aliphatic rings. The second-order valence-electron chi connectivity index (χ2n) is 19.7. The predicted molar refractivity (Wildman–Crippen MR) is 281 cm³/mol. The van der Waals surface area contributed by atoms with E-state index in [-0.39, 0.29) is 77.6 Å². The number of amides is 7. The number of nitrogens with two attached hydrogens (primary N) is 1. The van der Waals surface area contributed by atoms with Crippen molar-refractivity contribution in [2.75, 3.05) is 30.8 Å². The molecule has 1 fully saturated rings. The Kier molecular flexibility index (Phi) is 19.4. The van der Waals surface area contributed by atoms with Crippen molar-refractivity contribution in [1.29, 1.82) is 0 Å². The molecular weight excluding hydrogens is 1000 g/mol. The Morgan fingerprint density at radius 1 is 0.909 bits per heavy atom. The number of aliphatic hydroxyl groups is 1. The first-order valence-electron chi connectivity index (χ1n) is 25.0. The van der Waals surface area contributed by atoms with Crippen molar-refractivity contribution >= 4 is 63.9 Å². The van der Waals surface area contributed by atoms with Gasteiger partial charge < -0.3 is 65.3 Å². The van der Waals surface area contributed by atoms with Gasteiger partial charge >= 0.3 is 11.7 Å². The standard InChI is InChI=1S/C55H66N6O16/c1-29(2)13-16-33-26-34(50(68)60-44-45(66)36-20-22-37(31(5)47(36)75-52(44)70)74-53-46(67)48(76-54(56)71)49(72-8)55(6,7)77-53)17-21-38(33)73-28-32-14-18-35(19-15-32)58-40(63)27-57-51(69)43(30(3)4)59-39(62)12-10-9-11-25-61-41(64)23-24-42(61)65/h13-15,17-24,26,30,43,46,48-49,53,66-67H,9-12,16,25,27-28H2,1-8H3,(H2,56,71)(H,57,69)(H,58,63)(H,59,62)(H,60,68)/t43?,46-,48+,49-,53-/m1/s1. The number of allylic oxidation sites excluding steroid dienone is 2. The summed E-state index contributed by atoms with van der Waals surface area (Å²) in [6.45, 7) is 12.3. The first-order valence-corrected chi connectivity index (χ1v) is 25.0. The van der Waals surface area contributed by atoms with E-state index in [0.29, 0.717) is 42.7 Å². The van der Waals surface area contributed by atoms with Crippen LogP contribution in [-0.2, 0) is 51.2 Å². The number of aliphatic hydroxyl groups excluding tert-OH is 1. The van der Waals surface area contributed by atoms with Gasteiger partial charge in [-0.1, -0.05) is 44.1 Å². The highest BCUT2D eigenvalue weighted by Crippen LogP contribution is 2.39. The summed E-state index contributed by atoms with van der Waals surface area (Å²) in [7, 11) is 1.36. The van der Waals surface area contributed by atoms with E-state index in [1.54, 1.807) is 71.0 Å². The molecule has 3 heterocycles. The number of aryl methyl sites for hydroxylation is 1. The zero-order valence-corrected chi connectivity index (χ0v) is 44.2. The Labute approximate surface area is 444 Å². The lowest BCUT2D eigenvalue weighted by Gasteiger charge is -2.47. The number of anilines is 2. The minimum absolute atomic E-state index is 0.0605. The molecular formula is C55H66N6O16. The number of methoxy groups -OCH3 is 1. The molecule has 3 aromatic carbocycles. The van der Waals surface area contributed by atoms with Crippen molar-refractivity contribution in [1.82, 2.24) is 15.5 Å². The lowest BCUT2D eigenvalue weighted by molar-refractivity contribution is -0.304. The highest BCUT2D eigenvalue weighted by Gasteiger charge is 2.53. The lowest BCUT2D eigenvalue weighted by atomic mass is 9.89. The normalized spacial score (nSPS) is 18.1. The summed E-state index contributed by atoms with van der Waals surface area (Å²) < 4.78 is 34.5. The maximum atomic E-state index is 13.7. The van der Waals surface area contributed by atoms with Gasteiger partial charge in [0.2, 0.25) is 24.0 Å². The number of nitrogens with zero attached hydrogens (tertiary/aromatic N) is 1. The number of benzene rings is 3. The minimum Gasteiger partial charge on any atom is -0.505 e. The van der Waals surface area contributed by atoms with E-state index >= 15 is 0 Å². The lowest BCUT2D eigenvalue weighted by Crippen LogP contribution is -2.65. The molecule has 1 saturated heterocycles. The Hall–Kier alpha value is -8.08. The number of unbranched alkanes of at least 4 members (excludes halogenated alkanes) is 2. The molecule has 5 atom stereocenters. The number of nitrogens with one attached hydrogen (secondary N) is 4. The maximum Gasteiger partial charge on any atom is 0.404 e. The van der Waals surface area contributed by atoms with Gasteiger partial charge in [0.25, 0.3) is 17.7 Å². The molecule has 6 rings (SSSR count). The van der Waals surface area contributed by atoms with E-state index < -0.39 is 77.1 Å². The van der Waals surface area contributed by atoms with Crippen molar-refractivity contribution in [3.8, 4) is 17.2 Å².